The SMILES string of the molecule is O=C(C=Cc1ccc(F)cc1)NN1CC(=O)NC1=O. The van der Waals surface area contributed by atoms with Crippen molar-refractivity contribution in [1.82, 2.24) is 15.8 Å². The van der Waals surface area contributed by atoms with Gasteiger partial charge in [-0.2, -0.15) is 0 Å². The number of nitrogens with zero attached hydrogens (tertiary/aromatic N) is 1. The molecule has 4 amide bonds. The summed E-state index contributed by atoms with van der Waals surface area (Å²) in [7, 11) is 0. The molecule has 1 heterocycles. The minimum absolute atomic E-state index is 0.213. The number of carbonyl (C=O) groups excluding carboxylic acids is 3. The molecule has 1 saturated heterocycles. The Morgan fingerprint density at radius 2 is 2.00 bits per heavy atom. The number of nitrogens with one attached hydrogen (secondary N) is 2. The van der Waals surface area contributed by atoms with Crippen molar-refractivity contribution in [3.8, 4) is 0 Å². The molecule has 0 aliphatic carbocycles. The van der Waals surface area contributed by atoms with E-state index in [1.807, 2.05) is 5.32 Å². The summed E-state index contributed by atoms with van der Waals surface area (Å²) in [6.07, 6.45) is 2.65. The monoisotopic (exact) mass is 263 g/mol. The lowest BCUT2D eigenvalue weighted by Gasteiger charge is -2.12. The fourth-order valence-corrected chi connectivity index (χ4v) is 1.45. The van der Waals surface area contributed by atoms with Crippen molar-refractivity contribution in [3.63, 3.8) is 0 Å². The van der Waals surface area contributed by atoms with Crippen LogP contribution in [-0.4, -0.2) is 29.4 Å². The minimum atomic E-state index is -0.673. The fraction of sp³-hybridized carbons (Fsp3) is 0.0833. The summed E-state index contributed by atoms with van der Waals surface area (Å²) < 4.78 is 12.6. The zero-order chi connectivity index (χ0) is 13.8. The van der Waals surface area contributed by atoms with Gasteiger partial charge in [0, 0.05) is 6.08 Å². The van der Waals surface area contributed by atoms with Crippen LogP contribution >= 0.6 is 0 Å². The molecular formula is C12H10FN3O3. The van der Waals surface area contributed by atoms with Crippen LogP contribution in [0.2, 0.25) is 0 Å². The third kappa shape index (κ3) is 3.38. The Labute approximate surface area is 107 Å². The van der Waals surface area contributed by atoms with Gasteiger partial charge in [0.05, 0.1) is 0 Å². The molecule has 2 rings (SSSR count). The molecule has 7 heteroatoms. The summed E-state index contributed by atoms with van der Waals surface area (Å²) in [5.41, 5.74) is 2.88. The number of rotatable bonds is 3. The first kappa shape index (κ1) is 12.7. The number of benzene rings is 1. The number of halogens is 1. The van der Waals surface area contributed by atoms with Gasteiger partial charge in [-0.1, -0.05) is 12.1 Å². The molecule has 0 atom stereocenters. The van der Waals surface area contributed by atoms with Gasteiger partial charge >= 0.3 is 6.03 Å². The molecule has 0 unspecified atom stereocenters. The second-order valence-electron chi connectivity index (χ2n) is 3.80. The van der Waals surface area contributed by atoms with Crippen LogP contribution in [0, 0.1) is 5.82 Å². The highest BCUT2D eigenvalue weighted by molar-refractivity contribution is 6.03. The van der Waals surface area contributed by atoms with E-state index in [2.05, 4.69) is 5.43 Å². The van der Waals surface area contributed by atoms with Crippen molar-refractivity contribution in [2.24, 2.45) is 0 Å². The summed E-state index contributed by atoms with van der Waals surface area (Å²) >= 11 is 0. The van der Waals surface area contributed by atoms with Crippen LogP contribution in [-0.2, 0) is 9.59 Å². The number of imide groups is 1. The smallest absolute Gasteiger partial charge is 0.275 e. The average molecular weight is 263 g/mol. The van der Waals surface area contributed by atoms with Crippen molar-refractivity contribution < 1.29 is 18.8 Å². The van der Waals surface area contributed by atoms with Gasteiger partial charge in [0.1, 0.15) is 12.4 Å². The van der Waals surface area contributed by atoms with E-state index in [1.165, 1.54) is 36.4 Å². The van der Waals surface area contributed by atoms with Crippen LogP contribution in [0.1, 0.15) is 5.56 Å². The first-order valence-corrected chi connectivity index (χ1v) is 5.40. The van der Waals surface area contributed by atoms with Gasteiger partial charge in [-0.15, -0.1) is 0 Å². The van der Waals surface area contributed by atoms with Crippen LogP contribution in [0.3, 0.4) is 0 Å². The molecule has 1 aromatic rings. The minimum Gasteiger partial charge on any atom is -0.275 e. The van der Waals surface area contributed by atoms with Gasteiger partial charge in [0.25, 0.3) is 5.91 Å². The maximum Gasteiger partial charge on any atom is 0.343 e. The first-order valence-electron chi connectivity index (χ1n) is 5.40. The topological polar surface area (TPSA) is 78.5 Å². The van der Waals surface area contributed by atoms with Crippen LogP contribution in [0.15, 0.2) is 30.3 Å². The lowest BCUT2D eigenvalue weighted by molar-refractivity contribution is -0.121. The third-order valence-corrected chi connectivity index (χ3v) is 2.34. The zero-order valence-electron chi connectivity index (χ0n) is 9.72. The molecule has 1 fully saturated rings. The molecule has 0 aromatic heterocycles. The van der Waals surface area contributed by atoms with E-state index < -0.39 is 17.8 Å². The Morgan fingerprint density at radius 3 is 2.58 bits per heavy atom. The molecule has 1 aliphatic rings. The number of urea groups is 1. The lowest BCUT2D eigenvalue weighted by Crippen LogP contribution is -2.43. The standard InChI is InChI=1S/C12H10FN3O3/c13-9-4-1-8(2-5-9)3-6-10(17)15-16-7-11(18)14-12(16)19/h1-6H,7H2,(H,15,17)(H,14,18,19). The van der Waals surface area contributed by atoms with E-state index in [0.717, 1.165) is 5.01 Å². The van der Waals surface area contributed by atoms with Crippen molar-refractivity contribution in [3.05, 3.63) is 41.7 Å². The Morgan fingerprint density at radius 1 is 1.32 bits per heavy atom. The van der Waals surface area contributed by atoms with Crippen LogP contribution < -0.4 is 10.7 Å². The highest BCUT2D eigenvalue weighted by Gasteiger charge is 2.27. The number of amides is 4. The number of hydrogen-bond donors (Lipinski definition) is 2. The number of carbonyl (C=O) groups is 3. The van der Waals surface area contributed by atoms with Crippen LogP contribution in [0.4, 0.5) is 9.18 Å². The molecule has 19 heavy (non-hydrogen) atoms. The molecule has 1 aromatic carbocycles. The summed E-state index contributed by atoms with van der Waals surface area (Å²) in [6.45, 7) is -0.213. The predicted molar refractivity (Wildman–Crippen MR) is 63.8 cm³/mol. The summed E-state index contributed by atoms with van der Waals surface area (Å²) in [5.74, 6) is -1.41. The molecule has 0 spiro atoms. The van der Waals surface area contributed by atoms with Crippen LogP contribution in [0.5, 0.6) is 0 Å². The number of hydrazine groups is 1. The van der Waals surface area contributed by atoms with Gasteiger partial charge in [-0.05, 0) is 23.8 Å². The first-order chi connectivity index (χ1) is 9.04. The molecule has 98 valence electrons. The van der Waals surface area contributed by atoms with E-state index in [0.29, 0.717) is 5.56 Å². The molecule has 1 aliphatic heterocycles. The van der Waals surface area contributed by atoms with Crippen molar-refractivity contribution in [1.29, 1.82) is 0 Å². The summed E-state index contributed by atoms with van der Waals surface area (Å²) in [6, 6.07) is 4.87. The number of hydrogen-bond acceptors (Lipinski definition) is 3. The molecule has 6 nitrogen and oxygen atoms in total. The second-order valence-corrected chi connectivity index (χ2v) is 3.80. The zero-order valence-corrected chi connectivity index (χ0v) is 9.72. The van der Waals surface area contributed by atoms with E-state index in [4.69, 9.17) is 0 Å². The Bertz CT molecular complexity index is 554. The normalized spacial score (nSPS) is 14.9. The maximum absolute atomic E-state index is 12.6. The van der Waals surface area contributed by atoms with E-state index in [-0.39, 0.29) is 12.4 Å². The molecule has 0 saturated carbocycles. The summed E-state index contributed by atoms with van der Waals surface area (Å²) in [5, 5.41) is 2.89. The van der Waals surface area contributed by atoms with Crippen molar-refractivity contribution in [2.45, 2.75) is 0 Å². The molecular weight excluding hydrogens is 253 g/mol. The maximum atomic E-state index is 12.6. The summed E-state index contributed by atoms with van der Waals surface area (Å²) in [4.78, 5) is 33.5. The highest BCUT2D eigenvalue weighted by atomic mass is 19.1. The Balaban J connectivity index is 1.92. The average Bonchev–Trinajstić information content (AvgIpc) is 2.67. The quantitative estimate of drug-likeness (QED) is 0.613. The van der Waals surface area contributed by atoms with Gasteiger partial charge in [-0.3, -0.25) is 20.3 Å². The van der Waals surface area contributed by atoms with Crippen LogP contribution in [0.25, 0.3) is 6.08 Å². The predicted octanol–water partition coefficient (Wildman–Crippen LogP) is 0.422. The van der Waals surface area contributed by atoms with Crippen molar-refractivity contribution >= 4 is 23.9 Å². The molecule has 2 N–H and O–H groups in total. The van der Waals surface area contributed by atoms with Crippen molar-refractivity contribution in [2.75, 3.05) is 6.54 Å². The Kier molecular flexibility index (Phi) is 3.56. The van der Waals surface area contributed by atoms with Gasteiger partial charge in [0.15, 0.2) is 0 Å². The van der Waals surface area contributed by atoms with E-state index in [1.54, 1.807) is 0 Å². The molecule has 0 bridgehead atoms. The highest BCUT2D eigenvalue weighted by Crippen LogP contribution is 2.04. The Hall–Kier alpha value is -2.70. The largest absolute Gasteiger partial charge is 0.343 e. The van der Waals surface area contributed by atoms with Gasteiger partial charge in [-0.25, -0.2) is 14.2 Å². The van der Waals surface area contributed by atoms with Gasteiger partial charge in [0.2, 0.25) is 5.91 Å². The third-order valence-electron chi connectivity index (χ3n) is 2.34. The molecule has 0 radical (unpaired) electrons. The lowest BCUT2D eigenvalue weighted by atomic mass is 10.2. The van der Waals surface area contributed by atoms with Gasteiger partial charge < -0.3 is 0 Å². The second kappa shape index (κ2) is 5.30. The van der Waals surface area contributed by atoms with E-state index >= 15 is 0 Å². The van der Waals surface area contributed by atoms with E-state index in [9.17, 15) is 18.8 Å². The fourth-order valence-electron chi connectivity index (χ4n) is 1.45.